The van der Waals surface area contributed by atoms with Crippen LogP contribution in [0.2, 0.25) is 0 Å². The highest BCUT2D eigenvalue weighted by atomic mass is 127. The Labute approximate surface area is 130 Å². The number of guanidine groups is 1. The van der Waals surface area contributed by atoms with E-state index in [9.17, 15) is 0 Å². The van der Waals surface area contributed by atoms with Crippen LogP contribution in [0.3, 0.4) is 0 Å². The summed E-state index contributed by atoms with van der Waals surface area (Å²) in [6.07, 6.45) is 5.03. The van der Waals surface area contributed by atoms with E-state index in [0.29, 0.717) is 18.6 Å². The molecule has 2 aliphatic carbocycles. The summed E-state index contributed by atoms with van der Waals surface area (Å²) in [5.74, 6) is 2.76. The van der Waals surface area contributed by atoms with E-state index in [1.54, 1.807) is 0 Å². The molecule has 2 saturated carbocycles. The normalized spacial score (nSPS) is 17.6. The Morgan fingerprint density at radius 1 is 1.21 bits per heavy atom. The van der Waals surface area contributed by atoms with E-state index in [4.69, 9.17) is 0 Å². The van der Waals surface area contributed by atoms with Crippen molar-refractivity contribution >= 4 is 29.9 Å². The molecule has 0 bridgehead atoms. The molecule has 0 aromatic carbocycles. The van der Waals surface area contributed by atoms with Gasteiger partial charge in [0, 0.05) is 19.1 Å². The predicted octanol–water partition coefficient (Wildman–Crippen LogP) is 1.10. The maximum absolute atomic E-state index is 4.60. The number of nitrogens with one attached hydrogen (secondary N) is 2. The van der Waals surface area contributed by atoms with Crippen molar-refractivity contribution in [2.24, 2.45) is 12.0 Å². The molecular formula is C12H21IN6. The van der Waals surface area contributed by atoms with Crippen molar-refractivity contribution < 1.29 is 0 Å². The van der Waals surface area contributed by atoms with E-state index in [1.807, 2.05) is 18.5 Å². The summed E-state index contributed by atoms with van der Waals surface area (Å²) in [6.45, 7) is 2.53. The van der Waals surface area contributed by atoms with E-state index in [1.165, 1.54) is 25.7 Å². The van der Waals surface area contributed by atoms with Crippen molar-refractivity contribution in [3.05, 3.63) is 11.6 Å². The van der Waals surface area contributed by atoms with Crippen molar-refractivity contribution in [2.45, 2.75) is 51.2 Å². The molecule has 19 heavy (non-hydrogen) atoms. The molecule has 2 fully saturated rings. The molecule has 2 aliphatic rings. The summed E-state index contributed by atoms with van der Waals surface area (Å²) in [7, 11) is 1.97. The van der Waals surface area contributed by atoms with Crippen LogP contribution in [0.5, 0.6) is 0 Å². The first-order chi connectivity index (χ1) is 8.72. The summed E-state index contributed by atoms with van der Waals surface area (Å²) in [5.41, 5.74) is 0. The van der Waals surface area contributed by atoms with Gasteiger partial charge in [0.25, 0.3) is 0 Å². The monoisotopic (exact) mass is 376 g/mol. The third-order valence-corrected chi connectivity index (χ3v) is 3.40. The van der Waals surface area contributed by atoms with Gasteiger partial charge in [-0.2, -0.15) is 0 Å². The molecule has 0 atom stereocenters. The maximum Gasteiger partial charge on any atom is 0.192 e. The van der Waals surface area contributed by atoms with E-state index in [-0.39, 0.29) is 24.0 Å². The molecular weight excluding hydrogens is 355 g/mol. The van der Waals surface area contributed by atoms with Crippen LogP contribution in [0.25, 0.3) is 0 Å². The summed E-state index contributed by atoms with van der Waals surface area (Å²) >= 11 is 0. The first-order valence-electron chi connectivity index (χ1n) is 6.65. The van der Waals surface area contributed by atoms with Gasteiger partial charge >= 0.3 is 0 Å². The molecule has 106 valence electrons. The van der Waals surface area contributed by atoms with Crippen molar-refractivity contribution in [3.8, 4) is 0 Å². The highest BCUT2D eigenvalue weighted by Gasteiger charge is 2.26. The van der Waals surface area contributed by atoms with Gasteiger partial charge in [-0.3, -0.25) is 0 Å². The molecule has 2 N–H and O–H groups in total. The molecule has 0 aliphatic heterocycles. The van der Waals surface area contributed by atoms with Crippen molar-refractivity contribution in [1.82, 2.24) is 25.4 Å². The minimum atomic E-state index is 0. The molecule has 0 spiro atoms. The van der Waals surface area contributed by atoms with E-state index >= 15 is 0 Å². The third kappa shape index (κ3) is 4.05. The van der Waals surface area contributed by atoms with Crippen LogP contribution in [-0.2, 0) is 13.6 Å². The minimum absolute atomic E-state index is 0. The lowest BCUT2D eigenvalue weighted by Crippen LogP contribution is -2.39. The Hall–Kier alpha value is -0.860. The molecule has 0 amide bonds. The second-order valence-electron chi connectivity index (χ2n) is 5.22. The lowest BCUT2D eigenvalue weighted by Gasteiger charge is -2.10. The van der Waals surface area contributed by atoms with Crippen LogP contribution < -0.4 is 10.6 Å². The number of aliphatic imine (C=N–C) groups is 1. The fourth-order valence-electron chi connectivity index (χ4n) is 1.71. The quantitative estimate of drug-likeness (QED) is 0.469. The molecule has 6 nitrogen and oxygen atoms in total. The van der Waals surface area contributed by atoms with Gasteiger partial charge in [0.05, 0.1) is 0 Å². The molecule has 0 saturated heterocycles. The predicted molar refractivity (Wildman–Crippen MR) is 84.6 cm³/mol. The van der Waals surface area contributed by atoms with Gasteiger partial charge in [-0.25, -0.2) is 4.99 Å². The van der Waals surface area contributed by atoms with Gasteiger partial charge in [-0.15, -0.1) is 34.2 Å². The Kier molecular flexibility index (Phi) is 4.64. The number of rotatable bonds is 4. The zero-order valence-corrected chi connectivity index (χ0v) is 13.7. The minimum Gasteiger partial charge on any atom is -0.354 e. The average Bonchev–Trinajstić information content (AvgIpc) is 3.24. The average molecular weight is 376 g/mol. The van der Waals surface area contributed by atoms with E-state index in [2.05, 4.69) is 25.8 Å². The van der Waals surface area contributed by atoms with Gasteiger partial charge in [0.2, 0.25) is 0 Å². The Morgan fingerprint density at radius 2 is 1.79 bits per heavy atom. The molecule has 1 heterocycles. The number of hydrogen-bond donors (Lipinski definition) is 2. The number of aromatic nitrogens is 3. The molecule has 1 aromatic heterocycles. The van der Waals surface area contributed by atoms with Crippen molar-refractivity contribution in [2.75, 3.05) is 0 Å². The second-order valence-corrected chi connectivity index (χ2v) is 5.22. The number of hydrogen-bond acceptors (Lipinski definition) is 3. The Morgan fingerprint density at radius 3 is 2.21 bits per heavy atom. The van der Waals surface area contributed by atoms with Crippen LogP contribution in [0, 0.1) is 6.92 Å². The number of aryl methyl sites for hydroxylation is 1. The Bertz CT molecular complexity index is 445. The second kappa shape index (κ2) is 6.06. The van der Waals surface area contributed by atoms with Gasteiger partial charge < -0.3 is 15.2 Å². The van der Waals surface area contributed by atoms with E-state index in [0.717, 1.165) is 17.6 Å². The van der Waals surface area contributed by atoms with Crippen LogP contribution in [0.4, 0.5) is 0 Å². The van der Waals surface area contributed by atoms with E-state index < -0.39 is 0 Å². The SMILES string of the molecule is Cc1nnc(CN=C(NC2CC2)NC2CC2)n1C.I. The molecule has 7 heteroatoms. The van der Waals surface area contributed by atoms with Crippen molar-refractivity contribution in [3.63, 3.8) is 0 Å². The summed E-state index contributed by atoms with van der Waals surface area (Å²) < 4.78 is 1.98. The third-order valence-electron chi connectivity index (χ3n) is 3.40. The Balaban J connectivity index is 0.00000133. The fourth-order valence-corrected chi connectivity index (χ4v) is 1.71. The zero-order valence-electron chi connectivity index (χ0n) is 11.4. The van der Waals surface area contributed by atoms with Gasteiger partial charge in [0.1, 0.15) is 12.4 Å². The first kappa shape index (κ1) is 14.5. The topological polar surface area (TPSA) is 67.1 Å². The van der Waals surface area contributed by atoms with Crippen LogP contribution in [0.1, 0.15) is 37.3 Å². The zero-order chi connectivity index (χ0) is 12.5. The van der Waals surface area contributed by atoms with Crippen molar-refractivity contribution in [1.29, 1.82) is 0 Å². The summed E-state index contributed by atoms with van der Waals surface area (Å²) in [4.78, 5) is 4.60. The van der Waals surface area contributed by atoms with Gasteiger partial charge in [0.15, 0.2) is 11.8 Å². The molecule has 1 aromatic rings. The number of halogens is 1. The van der Waals surface area contributed by atoms with Crippen LogP contribution in [-0.4, -0.2) is 32.8 Å². The summed E-state index contributed by atoms with van der Waals surface area (Å²) in [6, 6.07) is 1.24. The highest BCUT2D eigenvalue weighted by Crippen LogP contribution is 2.21. The molecule has 0 radical (unpaired) electrons. The molecule has 3 rings (SSSR count). The lowest BCUT2D eigenvalue weighted by molar-refractivity contribution is 0.749. The van der Waals surface area contributed by atoms with Gasteiger partial charge in [-0.1, -0.05) is 0 Å². The first-order valence-corrected chi connectivity index (χ1v) is 6.65. The fraction of sp³-hybridized carbons (Fsp3) is 0.750. The maximum atomic E-state index is 4.60. The van der Waals surface area contributed by atoms with Crippen LogP contribution in [0.15, 0.2) is 4.99 Å². The number of nitrogens with zero attached hydrogens (tertiary/aromatic N) is 4. The lowest BCUT2D eigenvalue weighted by atomic mass is 10.5. The highest BCUT2D eigenvalue weighted by molar-refractivity contribution is 14.0. The van der Waals surface area contributed by atoms with Crippen LogP contribution >= 0.6 is 24.0 Å². The molecule has 0 unspecified atom stereocenters. The standard InChI is InChI=1S/C12H20N6.HI/c1-8-16-17-11(18(8)2)7-13-12(14-9-3-4-9)15-10-5-6-10;/h9-10H,3-7H2,1-2H3,(H2,13,14,15);1H. The smallest absolute Gasteiger partial charge is 0.192 e. The largest absolute Gasteiger partial charge is 0.354 e. The van der Waals surface area contributed by atoms with Gasteiger partial charge in [-0.05, 0) is 32.6 Å². The summed E-state index contributed by atoms with van der Waals surface area (Å²) in [5, 5.41) is 15.1.